The third-order valence-electron chi connectivity index (χ3n) is 3.54. The molecule has 0 unspecified atom stereocenters. The van der Waals surface area contributed by atoms with E-state index in [0.29, 0.717) is 5.92 Å². The van der Waals surface area contributed by atoms with Crippen LogP contribution in [0, 0.1) is 0 Å². The van der Waals surface area contributed by atoms with Gasteiger partial charge in [-0.25, -0.2) is 4.98 Å². The van der Waals surface area contributed by atoms with E-state index in [2.05, 4.69) is 34.2 Å². The van der Waals surface area contributed by atoms with Crippen molar-refractivity contribution in [3.05, 3.63) is 30.1 Å². The Morgan fingerprint density at radius 2 is 2.00 bits per heavy atom. The Kier molecular flexibility index (Phi) is 5.45. The molecule has 1 aliphatic rings. The Hall–Kier alpha value is -0.770. The Labute approximate surface area is 120 Å². The van der Waals surface area contributed by atoms with E-state index >= 15 is 0 Å². The average Bonchev–Trinajstić information content (AvgIpc) is 2.69. The molecule has 1 aliphatic heterocycles. The molecular formula is C13H19Cl2N3. The van der Waals surface area contributed by atoms with Crippen LogP contribution in [0.15, 0.2) is 24.5 Å². The molecule has 0 aliphatic carbocycles. The lowest BCUT2D eigenvalue weighted by Crippen LogP contribution is -2.26. The first-order valence-electron chi connectivity index (χ1n) is 5.97. The zero-order chi connectivity index (χ0) is 11.0. The van der Waals surface area contributed by atoms with E-state index in [4.69, 9.17) is 0 Å². The second kappa shape index (κ2) is 6.41. The molecule has 2 aromatic rings. The predicted octanol–water partition coefficient (Wildman–Crippen LogP) is 2.88. The van der Waals surface area contributed by atoms with E-state index in [9.17, 15) is 0 Å². The first-order chi connectivity index (χ1) is 7.86. The van der Waals surface area contributed by atoms with Crippen molar-refractivity contribution in [1.82, 2.24) is 14.9 Å². The summed E-state index contributed by atoms with van der Waals surface area (Å²) in [5.74, 6) is 0.703. The van der Waals surface area contributed by atoms with Crippen LogP contribution in [-0.2, 0) is 7.05 Å². The number of aromatic nitrogens is 2. The molecule has 0 saturated carbocycles. The minimum absolute atomic E-state index is 0. The molecule has 5 heteroatoms. The number of aryl methyl sites for hydroxylation is 1. The number of rotatable bonds is 1. The molecule has 0 spiro atoms. The number of hydrogen-bond donors (Lipinski definition) is 1. The van der Waals surface area contributed by atoms with Gasteiger partial charge >= 0.3 is 0 Å². The smallest absolute Gasteiger partial charge is 0.139 e. The number of fused-ring (bicyclic) bond motifs is 1. The number of piperidine rings is 1. The fraction of sp³-hybridized carbons (Fsp3) is 0.462. The van der Waals surface area contributed by atoms with Crippen LogP contribution in [0.2, 0.25) is 0 Å². The quantitative estimate of drug-likeness (QED) is 0.874. The van der Waals surface area contributed by atoms with E-state index in [-0.39, 0.29) is 24.8 Å². The van der Waals surface area contributed by atoms with Crippen molar-refractivity contribution in [3.8, 4) is 0 Å². The van der Waals surface area contributed by atoms with Gasteiger partial charge in [-0.15, -0.1) is 24.8 Å². The molecule has 0 bridgehead atoms. The molecule has 0 atom stereocenters. The Morgan fingerprint density at radius 3 is 2.72 bits per heavy atom. The highest BCUT2D eigenvalue weighted by Crippen LogP contribution is 2.31. The summed E-state index contributed by atoms with van der Waals surface area (Å²) in [6.07, 6.45) is 6.62. The zero-order valence-corrected chi connectivity index (χ0v) is 12.1. The van der Waals surface area contributed by atoms with Crippen molar-refractivity contribution >= 4 is 35.8 Å². The van der Waals surface area contributed by atoms with Crippen LogP contribution >= 0.6 is 24.8 Å². The van der Waals surface area contributed by atoms with Crippen molar-refractivity contribution in [2.24, 2.45) is 7.05 Å². The highest BCUT2D eigenvalue weighted by Gasteiger charge is 2.19. The monoisotopic (exact) mass is 287 g/mol. The van der Waals surface area contributed by atoms with Crippen LogP contribution in [0.1, 0.15) is 24.3 Å². The summed E-state index contributed by atoms with van der Waals surface area (Å²) in [6.45, 7) is 2.28. The number of halogens is 2. The third kappa shape index (κ3) is 2.63. The molecule has 3 heterocycles. The topological polar surface area (TPSA) is 29.9 Å². The van der Waals surface area contributed by atoms with E-state index in [1.54, 1.807) is 0 Å². The van der Waals surface area contributed by atoms with Gasteiger partial charge in [-0.2, -0.15) is 0 Å². The van der Waals surface area contributed by atoms with Crippen molar-refractivity contribution in [1.29, 1.82) is 0 Å². The fourth-order valence-electron chi connectivity index (χ4n) is 2.70. The summed E-state index contributed by atoms with van der Waals surface area (Å²) in [5.41, 5.74) is 2.59. The molecule has 2 aromatic heterocycles. The van der Waals surface area contributed by atoms with Crippen molar-refractivity contribution in [2.75, 3.05) is 13.1 Å². The van der Waals surface area contributed by atoms with Gasteiger partial charge in [0.2, 0.25) is 0 Å². The number of nitrogens with zero attached hydrogens (tertiary/aromatic N) is 2. The Morgan fingerprint density at radius 1 is 1.28 bits per heavy atom. The van der Waals surface area contributed by atoms with Crippen molar-refractivity contribution < 1.29 is 0 Å². The van der Waals surface area contributed by atoms with Gasteiger partial charge in [0.25, 0.3) is 0 Å². The van der Waals surface area contributed by atoms with Crippen LogP contribution in [-0.4, -0.2) is 22.6 Å². The SMILES string of the molecule is Cl.Cl.Cn1cc(C2CCNCC2)c2cccnc21. The van der Waals surface area contributed by atoms with E-state index in [1.807, 2.05) is 12.3 Å². The predicted molar refractivity (Wildman–Crippen MR) is 80.1 cm³/mol. The molecule has 0 radical (unpaired) electrons. The largest absolute Gasteiger partial charge is 0.335 e. The Bertz CT molecular complexity index is 504. The third-order valence-corrected chi connectivity index (χ3v) is 3.54. The molecular weight excluding hydrogens is 269 g/mol. The lowest BCUT2D eigenvalue weighted by atomic mass is 9.90. The minimum Gasteiger partial charge on any atom is -0.335 e. The van der Waals surface area contributed by atoms with Crippen LogP contribution in [0.5, 0.6) is 0 Å². The van der Waals surface area contributed by atoms with Gasteiger partial charge in [-0.1, -0.05) is 0 Å². The molecule has 0 aromatic carbocycles. The standard InChI is InChI=1S/C13H17N3.2ClH/c1-16-9-12(10-4-7-14-8-5-10)11-3-2-6-15-13(11)16;;/h2-3,6,9-10,14H,4-5,7-8H2,1H3;2*1H. The van der Waals surface area contributed by atoms with E-state index in [0.717, 1.165) is 18.7 Å². The normalized spacial score (nSPS) is 16.1. The van der Waals surface area contributed by atoms with Crippen LogP contribution in [0.4, 0.5) is 0 Å². The van der Waals surface area contributed by atoms with E-state index in [1.165, 1.54) is 23.8 Å². The first kappa shape index (κ1) is 15.3. The van der Waals surface area contributed by atoms with Gasteiger partial charge in [0.15, 0.2) is 0 Å². The number of nitrogens with one attached hydrogen (secondary N) is 1. The van der Waals surface area contributed by atoms with Gasteiger partial charge in [-0.3, -0.25) is 0 Å². The molecule has 1 fully saturated rings. The van der Waals surface area contributed by atoms with Crippen LogP contribution in [0.3, 0.4) is 0 Å². The molecule has 18 heavy (non-hydrogen) atoms. The molecule has 3 nitrogen and oxygen atoms in total. The lowest BCUT2D eigenvalue weighted by molar-refractivity contribution is 0.462. The van der Waals surface area contributed by atoms with Crippen molar-refractivity contribution in [2.45, 2.75) is 18.8 Å². The maximum atomic E-state index is 4.44. The van der Waals surface area contributed by atoms with Gasteiger partial charge in [-0.05, 0) is 49.5 Å². The van der Waals surface area contributed by atoms with Crippen LogP contribution in [0.25, 0.3) is 11.0 Å². The maximum absolute atomic E-state index is 4.44. The van der Waals surface area contributed by atoms with Gasteiger partial charge in [0.1, 0.15) is 5.65 Å². The summed E-state index contributed by atoms with van der Waals surface area (Å²) in [6, 6.07) is 4.23. The lowest BCUT2D eigenvalue weighted by Gasteiger charge is -2.22. The average molecular weight is 288 g/mol. The second-order valence-electron chi connectivity index (χ2n) is 4.59. The number of pyridine rings is 1. The minimum atomic E-state index is 0. The molecule has 100 valence electrons. The maximum Gasteiger partial charge on any atom is 0.139 e. The highest BCUT2D eigenvalue weighted by molar-refractivity contribution is 5.85. The second-order valence-corrected chi connectivity index (χ2v) is 4.59. The molecule has 1 N–H and O–H groups in total. The molecule has 3 rings (SSSR count). The van der Waals surface area contributed by atoms with Crippen molar-refractivity contribution in [3.63, 3.8) is 0 Å². The molecule has 1 saturated heterocycles. The summed E-state index contributed by atoms with van der Waals surface area (Å²) >= 11 is 0. The van der Waals surface area contributed by atoms with Gasteiger partial charge in [0.05, 0.1) is 0 Å². The summed E-state index contributed by atoms with van der Waals surface area (Å²) in [7, 11) is 2.08. The van der Waals surface area contributed by atoms with Gasteiger partial charge in [0, 0.05) is 24.8 Å². The summed E-state index contributed by atoms with van der Waals surface area (Å²) in [5, 5.41) is 4.75. The van der Waals surface area contributed by atoms with Crippen LogP contribution < -0.4 is 5.32 Å². The highest BCUT2D eigenvalue weighted by atomic mass is 35.5. The summed E-state index contributed by atoms with van der Waals surface area (Å²) < 4.78 is 2.15. The van der Waals surface area contributed by atoms with Gasteiger partial charge < -0.3 is 9.88 Å². The summed E-state index contributed by atoms with van der Waals surface area (Å²) in [4.78, 5) is 4.44. The fourth-order valence-corrected chi connectivity index (χ4v) is 2.70. The zero-order valence-electron chi connectivity index (χ0n) is 10.4. The first-order valence-corrected chi connectivity index (χ1v) is 5.97. The molecule has 0 amide bonds. The van der Waals surface area contributed by atoms with E-state index < -0.39 is 0 Å². The Balaban J connectivity index is 0.000000810. The number of hydrogen-bond acceptors (Lipinski definition) is 2.